The summed E-state index contributed by atoms with van der Waals surface area (Å²) in [5, 5.41) is 0. The maximum Gasteiger partial charge on any atom is 0.0777 e. The third kappa shape index (κ3) is 1130. The molecule has 0 aliphatic heterocycles. The fourth-order valence-electron chi connectivity index (χ4n) is 0. The van der Waals surface area contributed by atoms with Gasteiger partial charge in [-0.3, -0.25) is 0 Å². The van der Waals surface area contributed by atoms with Crippen molar-refractivity contribution in [2.45, 2.75) is 0 Å². The van der Waals surface area contributed by atoms with Gasteiger partial charge in [0.2, 0.25) is 0 Å². The van der Waals surface area contributed by atoms with Crippen LogP contribution in [-0.4, -0.2) is 14.0 Å². The summed E-state index contributed by atoms with van der Waals surface area (Å²) in [6, 6.07) is 0. The van der Waals surface area contributed by atoms with Crippen molar-refractivity contribution < 1.29 is 127 Å². The molecule has 0 bridgehead atoms. The Bertz CT molecular complexity index is 91.3. The zero-order chi connectivity index (χ0) is 13.5. The Morgan fingerprint density at radius 1 is 0.438 bits per heavy atom. The molecule has 0 unspecified atom stereocenters. The first kappa shape index (κ1) is 26.3. The minimum absolute atomic E-state index is 0. The Kier molecular flexibility index (Phi) is 17.5. The van der Waals surface area contributed by atoms with Crippen molar-refractivity contribution in [3.63, 3.8) is 0 Å². The van der Waals surface area contributed by atoms with Crippen LogP contribution in [-0.2, 0) is 0 Å². The fraction of sp³-hybridized carbons (Fsp3) is 0. The third-order valence-corrected chi connectivity index (χ3v) is 0. The van der Waals surface area contributed by atoms with Crippen LogP contribution >= 0.6 is 0 Å². The molecule has 0 aromatic heterocycles. The van der Waals surface area contributed by atoms with Crippen LogP contribution in [0, 0.1) is 71.6 Å². The van der Waals surface area contributed by atoms with E-state index in [2.05, 4.69) is 0 Å². The summed E-state index contributed by atoms with van der Waals surface area (Å²) in [5.74, 6) is 0. The van der Waals surface area contributed by atoms with E-state index in [1.807, 2.05) is 0 Å². The van der Waals surface area contributed by atoms with Crippen LogP contribution in [0.15, 0.2) is 0 Å². The summed E-state index contributed by atoms with van der Waals surface area (Å²) in [5.41, 5.74) is 0. The molecule has 0 saturated carbocycles. The van der Waals surface area contributed by atoms with Crippen LogP contribution in [0.5, 0.6) is 0 Å². The first-order chi connectivity index (χ1) is 6.00. The SMILES string of the molecule is [Nd].[O-][Cl+3]([O-])([O-])O.[O-][Cl+3]([O-])([O-])O.[O-][Cl+3]([O-])([O-])O. The first-order valence-electron chi connectivity index (χ1n) is 1.90. The minimum atomic E-state index is -4.69. The number of rotatable bonds is 0. The van der Waals surface area contributed by atoms with Gasteiger partial charge in [0.05, 0.1) is 44.7 Å². The molecule has 0 saturated heterocycles. The summed E-state index contributed by atoms with van der Waals surface area (Å²) >= 11 is 0. The van der Waals surface area contributed by atoms with Gasteiger partial charge in [0.15, 0.2) is 0 Å². The predicted octanol–water partition coefficient (Wildman–Crippen LogP) is -12.4. The number of halogens is 3. The van der Waals surface area contributed by atoms with Gasteiger partial charge in [0.1, 0.15) is 0 Å². The van der Waals surface area contributed by atoms with E-state index in [-0.39, 0.29) is 40.8 Å². The molecule has 0 amide bonds. The van der Waals surface area contributed by atoms with E-state index in [0.717, 1.165) is 0 Å². The molecular formula is H3Cl3NdO12. The van der Waals surface area contributed by atoms with Gasteiger partial charge in [-0.1, -0.05) is 0 Å². The Morgan fingerprint density at radius 2 is 0.438 bits per heavy atom. The van der Waals surface area contributed by atoms with Crippen molar-refractivity contribution in [1.29, 1.82) is 0 Å². The van der Waals surface area contributed by atoms with Crippen molar-refractivity contribution in [2.24, 2.45) is 0 Å². The van der Waals surface area contributed by atoms with E-state index in [1.54, 1.807) is 0 Å². The van der Waals surface area contributed by atoms with Crippen LogP contribution in [0.25, 0.3) is 0 Å². The van der Waals surface area contributed by atoms with E-state index in [0.29, 0.717) is 0 Å². The van der Waals surface area contributed by atoms with Gasteiger partial charge in [-0.05, 0) is 0 Å². The van der Waals surface area contributed by atoms with Crippen molar-refractivity contribution in [1.82, 2.24) is 0 Å². The molecule has 16 heavy (non-hydrogen) atoms. The molecule has 0 aromatic carbocycles. The molecule has 100 valence electrons. The van der Waals surface area contributed by atoms with Crippen molar-refractivity contribution >= 4 is 0 Å². The zero-order valence-electron chi connectivity index (χ0n) is 6.65. The van der Waals surface area contributed by atoms with Gasteiger partial charge < -0.3 is 0 Å². The van der Waals surface area contributed by atoms with E-state index in [9.17, 15) is 0 Å². The van der Waals surface area contributed by atoms with Gasteiger partial charge in [0.25, 0.3) is 0 Å². The summed E-state index contributed by atoms with van der Waals surface area (Å²) in [4.78, 5) is 0. The number of hydrogen-bond donors (Lipinski definition) is 3. The molecule has 0 spiro atoms. The molecule has 0 fully saturated rings. The van der Waals surface area contributed by atoms with Crippen LogP contribution in [0.1, 0.15) is 0 Å². The van der Waals surface area contributed by atoms with Gasteiger partial charge >= 0.3 is 0 Å². The Morgan fingerprint density at radius 3 is 0.438 bits per heavy atom. The second kappa shape index (κ2) is 10.6. The first-order valence-corrected chi connectivity index (χ1v) is 5.69. The van der Waals surface area contributed by atoms with Crippen molar-refractivity contribution in [2.75, 3.05) is 0 Å². The summed E-state index contributed by atoms with van der Waals surface area (Å²) in [7, 11) is -14.1. The molecule has 3 N–H and O–H groups in total. The second-order valence-corrected chi connectivity index (χ2v) is 3.56. The average molecular weight is 446 g/mol. The van der Waals surface area contributed by atoms with Crippen molar-refractivity contribution in [3.8, 4) is 0 Å². The average Bonchev–Trinajstić information content (AvgIpc) is 1.41. The van der Waals surface area contributed by atoms with E-state index in [1.165, 1.54) is 0 Å². The molecule has 0 radical (unpaired) electrons. The third-order valence-electron chi connectivity index (χ3n) is 0. The monoisotopic (exact) mass is 442 g/mol. The Labute approximate surface area is 126 Å². The minimum Gasteiger partial charge on any atom is -0.183 e. The summed E-state index contributed by atoms with van der Waals surface area (Å²) < 4.78 is 98.2. The second-order valence-electron chi connectivity index (χ2n) is 1.19. The smallest absolute Gasteiger partial charge is 0.0777 e. The van der Waals surface area contributed by atoms with Gasteiger partial charge in [-0.2, -0.15) is 41.9 Å². The van der Waals surface area contributed by atoms with Gasteiger partial charge in [-0.15, -0.1) is 0 Å². The van der Waals surface area contributed by atoms with Crippen LogP contribution in [0.4, 0.5) is 0 Å². The maximum absolute atomic E-state index is 8.60. The molecule has 0 atom stereocenters. The maximum atomic E-state index is 8.60. The molecule has 0 rings (SSSR count). The molecule has 12 nitrogen and oxygen atoms in total. The largest absolute Gasteiger partial charge is 0.183 e. The van der Waals surface area contributed by atoms with E-state index >= 15 is 0 Å². The van der Waals surface area contributed by atoms with Crippen LogP contribution in [0.3, 0.4) is 0 Å². The summed E-state index contributed by atoms with van der Waals surface area (Å²) in [6.07, 6.45) is 0. The van der Waals surface area contributed by atoms with Gasteiger partial charge in [0, 0.05) is 40.8 Å². The van der Waals surface area contributed by atoms with Crippen LogP contribution < -0.4 is 41.9 Å². The molecule has 0 aliphatic carbocycles. The van der Waals surface area contributed by atoms with E-state index in [4.69, 9.17) is 55.9 Å². The number of hydrogen-bond acceptors (Lipinski definition) is 12. The van der Waals surface area contributed by atoms with Crippen LogP contribution in [0.2, 0.25) is 0 Å². The van der Waals surface area contributed by atoms with Crippen molar-refractivity contribution in [3.05, 3.63) is 0 Å². The molecule has 0 aromatic rings. The normalized spacial score (nSPS) is 11.2. The molecule has 0 heterocycles. The quantitative estimate of drug-likeness (QED) is 0.313. The molecule has 0 aliphatic rings. The Hall–Kier alpha value is 1.74. The molecular weight excluding hydrogens is 443 g/mol. The molecule has 16 heteroatoms. The topological polar surface area (TPSA) is 268 Å². The standard InChI is InChI=1S/3ClHO4.Nd/c3*2-1(3,4)5;/h3*(H,2,3,4,5);. The summed E-state index contributed by atoms with van der Waals surface area (Å²) in [6.45, 7) is 0. The van der Waals surface area contributed by atoms with E-state index < -0.39 is 30.7 Å². The zero-order valence-corrected chi connectivity index (χ0v) is 12.1. The fourth-order valence-corrected chi connectivity index (χ4v) is 0. The Balaban J connectivity index is -0.0000000655. The van der Waals surface area contributed by atoms with Gasteiger partial charge in [-0.25, -0.2) is 0 Å². The predicted molar refractivity (Wildman–Crippen MR) is 6.66 cm³/mol.